The van der Waals surface area contributed by atoms with Gasteiger partial charge in [0, 0.05) is 44.2 Å². The van der Waals surface area contributed by atoms with Crippen molar-refractivity contribution in [2.24, 2.45) is 28.7 Å². The van der Waals surface area contributed by atoms with Crippen LogP contribution >= 0.6 is 0 Å². The molecule has 18 atom stereocenters. The molecular weight excluding hydrogens is 881 g/mol. The van der Waals surface area contributed by atoms with Gasteiger partial charge < -0.3 is 62.5 Å². The first kappa shape index (κ1) is 55.7. The maximum atomic E-state index is 14.9. The summed E-state index contributed by atoms with van der Waals surface area (Å²) in [6.07, 6.45) is -4.68. The molecule has 384 valence electrons. The second kappa shape index (κ2) is 23.8. The molecule has 0 aromatic heterocycles. The number of aliphatic hydroxyl groups is 2. The third kappa shape index (κ3) is 12.8. The van der Waals surface area contributed by atoms with Crippen molar-refractivity contribution in [3.05, 3.63) is 48.0 Å². The minimum absolute atomic E-state index is 0.0599. The second-order valence-electron chi connectivity index (χ2n) is 20.2. The fourth-order valence-corrected chi connectivity index (χ4v) is 10.8. The average molecular weight is 961 g/mol. The summed E-state index contributed by atoms with van der Waals surface area (Å²) in [6, 6.07) is 8.35. The maximum Gasteiger partial charge on any atom is 0.338 e. The van der Waals surface area contributed by atoms with E-state index in [0.29, 0.717) is 17.7 Å². The van der Waals surface area contributed by atoms with Gasteiger partial charge in [-0.05, 0) is 93.0 Å². The summed E-state index contributed by atoms with van der Waals surface area (Å²) in [5, 5.41) is 24.6. The molecule has 1 amide bonds. The summed E-state index contributed by atoms with van der Waals surface area (Å²) >= 11 is 0. The molecule has 4 aliphatic heterocycles. The number of aliphatic imine (C=N–C) groups is 1. The normalized spacial score (nSPS) is 42.2. The zero-order valence-electron chi connectivity index (χ0n) is 42.7. The summed E-state index contributed by atoms with van der Waals surface area (Å²) in [6.45, 7) is 18.1. The number of likely N-dealkylation sites (N-methyl/N-ethyl adjacent to an activating group) is 1. The minimum atomic E-state index is -1.80. The van der Waals surface area contributed by atoms with Gasteiger partial charge in [-0.3, -0.25) is 9.59 Å². The van der Waals surface area contributed by atoms with Crippen molar-refractivity contribution >= 4 is 23.6 Å². The lowest BCUT2D eigenvalue weighted by molar-refractivity contribution is -0.319. The molecule has 0 saturated carbocycles. The van der Waals surface area contributed by atoms with E-state index in [0.717, 1.165) is 0 Å². The fourth-order valence-electron chi connectivity index (χ4n) is 10.8. The van der Waals surface area contributed by atoms with Gasteiger partial charge in [-0.25, -0.2) is 9.79 Å². The molecule has 1 aromatic carbocycles. The van der Waals surface area contributed by atoms with Gasteiger partial charge in [0.05, 0.1) is 60.8 Å². The smallest absolute Gasteiger partial charge is 0.338 e. The maximum absolute atomic E-state index is 14.9. The number of aliphatic hydroxyl groups excluding tert-OH is 1. The van der Waals surface area contributed by atoms with Gasteiger partial charge in [-0.15, -0.1) is 0 Å². The summed E-state index contributed by atoms with van der Waals surface area (Å²) in [5.41, 5.74) is -3.41. The Morgan fingerprint density at radius 3 is 2.22 bits per heavy atom. The van der Waals surface area contributed by atoms with Gasteiger partial charge in [-0.2, -0.15) is 0 Å². The van der Waals surface area contributed by atoms with Gasteiger partial charge >= 0.3 is 11.9 Å². The number of methoxy groups -OCH3 is 2. The van der Waals surface area contributed by atoms with Crippen LogP contribution < -0.4 is 0 Å². The zero-order chi connectivity index (χ0) is 50.3. The highest BCUT2D eigenvalue weighted by Gasteiger charge is 2.55. The lowest BCUT2D eigenvalue weighted by Crippen LogP contribution is -2.62. The third-order valence-electron chi connectivity index (χ3n) is 14.6. The van der Waals surface area contributed by atoms with Gasteiger partial charge in [0.2, 0.25) is 0 Å². The van der Waals surface area contributed by atoms with Crippen molar-refractivity contribution in [1.29, 1.82) is 0 Å². The van der Waals surface area contributed by atoms with Gasteiger partial charge in [-0.1, -0.05) is 58.0 Å². The molecule has 2 bridgehead atoms. The molecule has 0 aliphatic carbocycles. The third-order valence-corrected chi connectivity index (χ3v) is 14.6. The molecule has 3 saturated heterocycles. The molecule has 68 heavy (non-hydrogen) atoms. The number of esters is 2. The van der Waals surface area contributed by atoms with Gasteiger partial charge in [0.1, 0.15) is 30.0 Å². The van der Waals surface area contributed by atoms with Crippen molar-refractivity contribution in [2.45, 2.75) is 179 Å². The van der Waals surface area contributed by atoms with Crippen LogP contribution in [-0.4, -0.2) is 171 Å². The topological polar surface area (TPSA) is 200 Å². The molecule has 2 N–H and O–H groups in total. The minimum Gasteiger partial charge on any atom is -0.459 e. The summed E-state index contributed by atoms with van der Waals surface area (Å²) in [5.74, 6) is -4.76. The predicted molar refractivity (Wildman–Crippen MR) is 252 cm³/mol. The lowest BCUT2D eigenvalue weighted by atomic mass is 9.73. The van der Waals surface area contributed by atoms with E-state index in [1.165, 1.54) is 14.2 Å². The largest absolute Gasteiger partial charge is 0.459 e. The van der Waals surface area contributed by atoms with Crippen LogP contribution in [0.2, 0.25) is 0 Å². The van der Waals surface area contributed by atoms with Crippen LogP contribution in [0, 0.1) is 23.7 Å². The first-order chi connectivity index (χ1) is 32.0. The molecule has 3 fully saturated rings. The molecule has 0 unspecified atom stereocenters. The Morgan fingerprint density at radius 1 is 0.912 bits per heavy atom. The van der Waals surface area contributed by atoms with E-state index < -0.39 is 114 Å². The average Bonchev–Trinajstić information content (AvgIpc) is 3.28. The Hall–Kier alpha value is -3.20. The summed E-state index contributed by atoms with van der Waals surface area (Å²) in [7, 11) is 6.74. The van der Waals surface area contributed by atoms with Crippen LogP contribution in [0.1, 0.15) is 105 Å². The fraction of sp³-hybridized carbons (Fsp3) is 0.765. The quantitative estimate of drug-likeness (QED) is 0.213. The first-order valence-electron chi connectivity index (χ1n) is 24.2. The zero-order valence-corrected chi connectivity index (χ0v) is 42.7. The molecule has 1 aromatic rings. The Bertz CT molecular complexity index is 1880. The lowest BCUT2D eigenvalue weighted by Gasteiger charge is -2.50. The molecule has 0 radical (unpaired) electrons. The number of hydrogen-bond donors (Lipinski definition) is 2. The number of carbonyl (C=O) groups excluding carboxylic acids is 3. The van der Waals surface area contributed by atoms with E-state index in [1.807, 2.05) is 79.6 Å². The summed E-state index contributed by atoms with van der Waals surface area (Å²) < 4.78 is 64.4. The highest BCUT2D eigenvalue weighted by molar-refractivity contribution is 5.99. The molecule has 5 rings (SSSR count). The molecule has 17 heteroatoms. The SMILES string of the molecule is CC[C@H]1OC(=O)[C@H](C)[C@@H](O[C@H]2C[C@@](C)(OC)[C@@H](OC(=O)c3ccccc3)[C@H](C)O2)[C@H](C)[C@@H](O[C@@H]2O[C@H](C)C[C@H](N(C)C)[C@H]2O)[C@]2(C)C[C@@H](C)C(=NC(=O)COC)[C@H](C)[C@@H](OC/C=C\CO2)[C@]1(C)O. The number of hydrogen-bond acceptors (Lipinski definition) is 16. The highest BCUT2D eigenvalue weighted by Crippen LogP contribution is 2.43. The molecule has 4 heterocycles. The number of carbonyl (C=O) groups is 3. The number of benzene rings is 1. The Labute approximate surface area is 403 Å². The van der Waals surface area contributed by atoms with Gasteiger partial charge in [0.25, 0.3) is 5.91 Å². The van der Waals surface area contributed by atoms with E-state index in [-0.39, 0.29) is 51.2 Å². The highest BCUT2D eigenvalue weighted by atomic mass is 16.7. The molecule has 4 aliphatic rings. The van der Waals surface area contributed by atoms with Crippen LogP contribution in [0.4, 0.5) is 0 Å². The number of fused-ring (bicyclic) bond motifs is 5. The number of cyclic esters (lactones) is 1. The van der Waals surface area contributed by atoms with E-state index in [9.17, 15) is 24.6 Å². The van der Waals surface area contributed by atoms with Crippen LogP contribution in [0.25, 0.3) is 0 Å². The standard InChI is InChI=1S/C51H80N2O15/c1-15-37-51(10,58)44-31(4)40(52-38(54)28-59-13)29(2)26-50(9,62-24-20-19-23-61-44)43(68-48-41(55)36(53(11)12)25-30(3)63-48)32(5)42(33(6)46(56)65-37)66-39-27-49(8,60-14)45(34(7)64-39)67-47(57)35-21-17-16-18-22-35/h16-22,29-34,36-37,39,41-45,48,55,58H,15,23-28H2,1-14H3/b20-19-,52-40?/t29-,30-,31+,32+,33-,34+,36+,37-,39+,41-,42+,43-,44-,45+,48+,49-,50+,51-/m1/s1. The van der Waals surface area contributed by atoms with E-state index >= 15 is 0 Å². The van der Waals surface area contributed by atoms with Crippen molar-refractivity contribution in [2.75, 3.05) is 48.1 Å². The Kier molecular flexibility index (Phi) is 19.5. The van der Waals surface area contributed by atoms with Crippen molar-refractivity contribution in [3.8, 4) is 0 Å². The molecule has 17 nitrogen and oxygen atoms in total. The number of rotatable bonds is 11. The second-order valence-corrected chi connectivity index (χ2v) is 20.2. The van der Waals surface area contributed by atoms with Crippen LogP contribution in [0.15, 0.2) is 47.5 Å². The number of amides is 1. The summed E-state index contributed by atoms with van der Waals surface area (Å²) in [4.78, 5) is 48.3. The van der Waals surface area contributed by atoms with Crippen LogP contribution in [-0.2, 0) is 57.0 Å². The van der Waals surface area contributed by atoms with Crippen molar-refractivity contribution in [1.82, 2.24) is 4.90 Å². The Balaban J connectivity index is 1.69. The number of nitrogens with zero attached hydrogens (tertiary/aromatic N) is 2. The monoisotopic (exact) mass is 961 g/mol. The molecular formula is C51H80N2O15. The van der Waals surface area contributed by atoms with E-state index in [2.05, 4.69) is 4.99 Å². The Morgan fingerprint density at radius 2 is 1.59 bits per heavy atom. The van der Waals surface area contributed by atoms with Crippen LogP contribution in [0.3, 0.4) is 0 Å². The van der Waals surface area contributed by atoms with Crippen molar-refractivity contribution < 1.29 is 72.0 Å². The van der Waals surface area contributed by atoms with Crippen molar-refractivity contribution in [3.63, 3.8) is 0 Å². The first-order valence-corrected chi connectivity index (χ1v) is 24.2. The number of ether oxygens (including phenoxy) is 10. The van der Waals surface area contributed by atoms with E-state index in [4.69, 9.17) is 47.4 Å². The van der Waals surface area contributed by atoms with Crippen LogP contribution in [0.5, 0.6) is 0 Å². The molecule has 0 spiro atoms. The van der Waals surface area contributed by atoms with Gasteiger partial charge in [0.15, 0.2) is 18.7 Å². The predicted octanol–water partition coefficient (Wildman–Crippen LogP) is 5.31. The van der Waals surface area contributed by atoms with E-state index in [1.54, 1.807) is 51.1 Å².